The first-order valence-electron chi connectivity index (χ1n) is 6.93. The third-order valence-corrected chi connectivity index (χ3v) is 3.85. The molecule has 2 aromatic rings. The number of methoxy groups -OCH3 is 1. The highest BCUT2D eigenvalue weighted by Crippen LogP contribution is 2.21. The quantitative estimate of drug-likeness (QED) is 0.787. The number of anilines is 1. The average Bonchev–Trinajstić information content (AvgIpc) is 2.48. The Balaban J connectivity index is 1.87. The summed E-state index contributed by atoms with van der Waals surface area (Å²) in [6.07, 6.45) is 1.87. The van der Waals surface area contributed by atoms with Crippen molar-refractivity contribution in [3.8, 4) is 5.75 Å². The van der Waals surface area contributed by atoms with Crippen molar-refractivity contribution in [1.82, 2.24) is 0 Å². The highest BCUT2D eigenvalue weighted by Gasteiger charge is 2.07. The van der Waals surface area contributed by atoms with Crippen LogP contribution in [-0.4, -0.2) is 13.2 Å². The minimum Gasteiger partial charge on any atom is -0.497 e. The number of benzene rings is 2. The maximum Gasteiger partial charge on any atom is 0.147 e. The van der Waals surface area contributed by atoms with Crippen LogP contribution in [0.3, 0.4) is 0 Å². The lowest BCUT2D eigenvalue weighted by Gasteiger charge is -2.16. The summed E-state index contributed by atoms with van der Waals surface area (Å²) in [6, 6.07) is 13.3. The fraction of sp³-hybridized carbons (Fsp3) is 0.294. The molecule has 2 rings (SSSR count). The summed E-state index contributed by atoms with van der Waals surface area (Å²) in [5.74, 6) is 0.627. The van der Waals surface area contributed by atoms with Gasteiger partial charge in [-0.05, 0) is 55.7 Å². The maximum absolute atomic E-state index is 13.8. The molecule has 0 aliphatic rings. The summed E-state index contributed by atoms with van der Waals surface area (Å²) in [6.45, 7) is 2.06. The van der Waals surface area contributed by atoms with Crippen LogP contribution >= 0.6 is 15.9 Å². The molecule has 0 saturated heterocycles. The molecule has 0 amide bonds. The smallest absolute Gasteiger partial charge is 0.147 e. The number of halogens is 2. The van der Waals surface area contributed by atoms with E-state index in [9.17, 15) is 4.39 Å². The maximum atomic E-state index is 13.8. The van der Waals surface area contributed by atoms with Crippen LogP contribution in [0.5, 0.6) is 5.75 Å². The molecule has 0 bridgehead atoms. The molecule has 2 nitrogen and oxygen atoms in total. The minimum absolute atomic E-state index is 0.197. The fourth-order valence-corrected chi connectivity index (χ4v) is 2.45. The van der Waals surface area contributed by atoms with Crippen molar-refractivity contribution in [2.24, 2.45) is 0 Å². The van der Waals surface area contributed by atoms with E-state index >= 15 is 0 Å². The zero-order valence-corrected chi connectivity index (χ0v) is 13.8. The van der Waals surface area contributed by atoms with Gasteiger partial charge in [0.2, 0.25) is 0 Å². The fourth-order valence-electron chi connectivity index (χ4n) is 2.12. The molecule has 1 unspecified atom stereocenters. The van der Waals surface area contributed by atoms with E-state index in [1.54, 1.807) is 13.2 Å². The molecule has 0 aromatic heterocycles. The van der Waals surface area contributed by atoms with Crippen LogP contribution < -0.4 is 10.1 Å². The van der Waals surface area contributed by atoms with Crippen LogP contribution in [-0.2, 0) is 6.42 Å². The second-order valence-electron chi connectivity index (χ2n) is 5.06. The Kier molecular flexibility index (Phi) is 5.62. The van der Waals surface area contributed by atoms with Crippen molar-refractivity contribution in [3.63, 3.8) is 0 Å². The Morgan fingerprint density at radius 3 is 2.52 bits per heavy atom. The van der Waals surface area contributed by atoms with Gasteiger partial charge >= 0.3 is 0 Å². The number of rotatable bonds is 6. The van der Waals surface area contributed by atoms with Gasteiger partial charge in [0.1, 0.15) is 11.6 Å². The van der Waals surface area contributed by atoms with Gasteiger partial charge in [0.15, 0.2) is 0 Å². The normalized spacial score (nSPS) is 12.0. The Morgan fingerprint density at radius 2 is 1.90 bits per heavy atom. The standard InChI is InChI=1S/C17H19BrFNO/c1-12(20-17-10-7-14(18)11-16(17)19)3-4-13-5-8-15(21-2)9-6-13/h5-12,20H,3-4H2,1-2H3. The van der Waals surface area contributed by atoms with Crippen molar-refractivity contribution < 1.29 is 9.13 Å². The van der Waals surface area contributed by atoms with E-state index < -0.39 is 0 Å². The number of nitrogens with one attached hydrogen (secondary N) is 1. The van der Waals surface area contributed by atoms with Gasteiger partial charge in [0.25, 0.3) is 0 Å². The number of hydrogen-bond acceptors (Lipinski definition) is 2. The SMILES string of the molecule is COc1ccc(CCC(C)Nc2ccc(Br)cc2F)cc1. The zero-order chi connectivity index (χ0) is 15.2. The predicted molar refractivity (Wildman–Crippen MR) is 88.5 cm³/mol. The number of hydrogen-bond donors (Lipinski definition) is 1. The van der Waals surface area contributed by atoms with Crippen molar-refractivity contribution in [1.29, 1.82) is 0 Å². The van der Waals surface area contributed by atoms with Crippen LogP contribution in [0, 0.1) is 5.82 Å². The molecule has 4 heteroatoms. The summed E-state index contributed by atoms with van der Waals surface area (Å²) < 4.78 is 19.6. The third kappa shape index (κ3) is 4.74. The van der Waals surface area contributed by atoms with E-state index in [0.29, 0.717) is 5.69 Å². The van der Waals surface area contributed by atoms with Gasteiger partial charge in [-0.1, -0.05) is 28.1 Å². The molecular formula is C17H19BrFNO. The number of aryl methyl sites for hydroxylation is 1. The Labute approximate surface area is 133 Å². The molecular weight excluding hydrogens is 333 g/mol. The molecule has 1 N–H and O–H groups in total. The molecule has 0 radical (unpaired) electrons. The largest absolute Gasteiger partial charge is 0.497 e. The summed E-state index contributed by atoms with van der Waals surface area (Å²) >= 11 is 3.26. The molecule has 0 aliphatic heterocycles. The van der Waals surface area contributed by atoms with E-state index in [1.807, 2.05) is 18.2 Å². The van der Waals surface area contributed by atoms with E-state index in [1.165, 1.54) is 11.6 Å². The van der Waals surface area contributed by atoms with Crippen LogP contribution in [0.1, 0.15) is 18.9 Å². The van der Waals surface area contributed by atoms with E-state index in [-0.39, 0.29) is 11.9 Å². The van der Waals surface area contributed by atoms with Crippen molar-refractivity contribution >= 4 is 21.6 Å². The molecule has 2 aromatic carbocycles. The lowest BCUT2D eigenvalue weighted by atomic mass is 10.1. The predicted octanol–water partition coefficient (Wildman–Crippen LogP) is 5.03. The van der Waals surface area contributed by atoms with E-state index in [0.717, 1.165) is 23.1 Å². The van der Waals surface area contributed by atoms with Gasteiger partial charge in [-0.2, -0.15) is 0 Å². The molecule has 0 fully saturated rings. The molecule has 0 heterocycles. The molecule has 21 heavy (non-hydrogen) atoms. The summed E-state index contributed by atoms with van der Waals surface area (Å²) in [5.41, 5.74) is 1.79. The number of ether oxygens (including phenoxy) is 1. The summed E-state index contributed by atoms with van der Waals surface area (Å²) in [5, 5.41) is 3.21. The van der Waals surface area contributed by atoms with E-state index in [4.69, 9.17) is 4.74 Å². The third-order valence-electron chi connectivity index (χ3n) is 3.36. The van der Waals surface area contributed by atoms with Gasteiger partial charge in [-0.3, -0.25) is 0 Å². The van der Waals surface area contributed by atoms with Gasteiger partial charge < -0.3 is 10.1 Å². The first kappa shape index (κ1) is 15.8. The van der Waals surface area contributed by atoms with Gasteiger partial charge in [-0.15, -0.1) is 0 Å². The molecule has 112 valence electrons. The monoisotopic (exact) mass is 351 g/mol. The Hall–Kier alpha value is -1.55. The molecule has 0 aliphatic carbocycles. The van der Waals surface area contributed by atoms with Gasteiger partial charge in [0, 0.05) is 10.5 Å². The highest BCUT2D eigenvalue weighted by atomic mass is 79.9. The van der Waals surface area contributed by atoms with Gasteiger partial charge in [0.05, 0.1) is 12.8 Å². The highest BCUT2D eigenvalue weighted by molar-refractivity contribution is 9.10. The average molecular weight is 352 g/mol. The summed E-state index contributed by atoms with van der Waals surface area (Å²) in [7, 11) is 1.66. The van der Waals surface area contributed by atoms with Crippen LogP contribution in [0.25, 0.3) is 0 Å². The second kappa shape index (κ2) is 7.46. The second-order valence-corrected chi connectivity index (χ2v) is 5.97. The van der Waals surface area contributed by atoms with Crippen molar-refractivity contribution in [2.45, 2.75) is 25.8 Å². The first-order chi connectivity index (χ1) is 10.1. The Morgan fingerprint density at radius 1 is 1.19 bits per heavy atom. The minimum atomic E-state index is -0.235. The van der Waals surface area contributed by atoms with Crippen molar-refractivity contribution in [2.75, 3.05) is 12.4 Å². The van der Waals surface area contributed by atoms with Gasteiger partial charge in [-0.25, -0.2) is 4.39 Å². The van der Waals surface area contributed by atoms with Crippen molar-refractivity contribution in [3.05, 3.63) is 58.3 Å². The van der Waals surface area contributed by atoms with Crippen LogP contribution in [0.4, 0.5) is 10.1 Å². The lowest BCUT2D eigenvalue weighted by molar-refractivity contribution is 0.414. The molecule has 1 atom stereocenters. The topological polar surface area (TPSA) is 21.3 Å². The van der Waals surface area contributed by atoms with E-state index in [2.05, 4.69) is 40.3 Å². The molecule has 0 saturated carbocycles. The molecule has 0 spiro atoms. The first-order valence-corrected chi connectivity index (χ1v) is 7.72. The lowest BCUT2D eigenvalue weighted by Crippen LogP contribution is -2.16. The van der Waals surface area contributed by atoms with Crippen LogP contribution in [0.15, 0.2) is 46.9 Å². The zero-order valence-electron chi connectivity index (χ0n) is 12.2. The van der Waals surface area contributed by atoms with Crippen LogP contribution in [0.2, 0.25) is 0 Å². The Bertz CT molecular complexity index is 586. The summed E-state index contributed by atoms with van der Waals surface area (Å²) in [4.78, 5) is 0.